The molecule has 0 aliphatic heterocycles. The second-order valence-corrected chi connectivity index (χ2v) is 5.80. The Hall–Kier alpha value is -1.90. The van der Waals surface area contributed by atoms with E-state index in [1.807, 2.05) is 66.7 Å². The zero-order chi connectivity index (χ0) is 15.6. The van der Waals surface area contributed by atoms with Gasteiger partial charge < -0.3 is 0 Å². The summed E-state index contributed by atoms with van der Waals surface area (Å²) in [6.45, 7) is 0. The summed E-state index contributed by atoms with van der Waals surface area (Å²) in [5, 5.41) is 0. The van der Waals surface area contributed by atoms with Gasteiger partial charge in [-0.1, -0.05) is 91.1 Å². The Morgan fingerprint density at radius 3 is 1.59 bits per heavy atom. The number of rotatable bonds is 3. The van der Waals surface area contributed by atoms with Crippen molar-refractivity contribution in [1.82, 2.24) is 0 Å². The van der Waals surface area contributed by atoms with Crippen LogP contribution in [0.3, 0.4) is 0 Å². The lowest BCUT2D eigenvalue weighted by Gasteiger charge is -2.03. The molecule has 3 rings (SSSR count). The van der Waals surface area contributed by atoms with Crippen molar-refractivity contribution in [3.8, 4) is 0 Å². The maximum Gasteiger partial charge on any atom is 0.0268 e. The van der Waals surface area contributed by atoms with Crippen molar-refractivity contribution in [3.63, 3.8) is 0 Å². The van der Waals surface area contributed by atoms with Crippen LogP contribution >= 0.6 is 24.8 Å². The lowest BCUT2D eigenvalue weighted by atomic mass is 10.0. The van der Waals surface area contributed by atoms with E-state index in [9.17, 15) is 0 Å². The van der Waals surface area contributed by atoms with Crippen LogP contribution < -0.4 is 0 Å². The number of thiocarbonyl (C=S) groups is 1. The number of hydrogen-bond donors (Lipinski definition) is 1. The van der Waals surface area contributed by atoms with Crippen LogP contribution in [-0.4, -0.2) is 4.86 Å². The smallest absolute Gasteiger partial charge is 0.0268 e. The van der Waals surface area contributed by atoms with Gasteiger partial charge in [-0.25, -0.2) is 0 Å². The third-order valence-electron chi connectivity index (χ3n) is 3.06. The normalized spacial score (nSPS) is 9.50. The average Bonchev–Trinajstić information content (AvgIpc) is 2.58. The SMILES string of the molecule is S=C(Cc1ccccc1)c1ccccc1.Sc1ccccc1. The van der Waals surface area contributed by atoms with Crippen molar-refractivity contribution in [2.24, 2.45) is 0 Å². The summed E-state index contributed by atoms with van der Waals surface area (Å²) in [5.41, 5.74) is 2.42. The topological polar surface area (TPSA) is 0 Å². The van der Waals surface area contributed by atoms with Crippen LogP contribution in [-0.2, 0) is 6.42 Å². The van der Waals surface area contributed by atoms with Crippen molar-refractivity contribution >= 4 is 29.7 Å². The quantitative estimate of drug-likeness (QED) is 0.371. The number of hydrogen-bond acceptors (Lipinski definition) is 2. The van der Waals surface area contributed by atoms with Crippen molar-refractivity contribution < 1.29 is 0 Å². The highest BCUT2D eigenvalue weighted by molar-refractivity contribution is 7.80. The molecule has 0 heterocycles. The average molecular weight is 322 g/mol. The van der Waals surface area contributed by atoms with Gasteiger partial charge in [0.25, 0.3) is 0 Å². The molecule has 3 aromatic carbocycles. The summed E-state index contributed by atoms with van der Waals surface area (Å²) in [6, 6.07) is 30.3. The van der Waals surface area contributed by atoms with Crippen LogP contribution in [0.4, 0.5) is 0 Å². The largest absolute Gasteiger partial charge is 0.143 e. The summed E-state index contributed by atoms with van der Waals surface area (Å²) >= 11 is 9.49. The standard InChI is InChI=1S/C14H12S.C6H6S/c15-14(13-9-5-2-6-10-13)11-12-7-3-1-4-8-12;7-6-4-2-1-3-5-6/h1-10H,11H2;1-5,7H. The molecule has 0 amide bonds. The van der Waals surface area contributed by atoms with E-state index >= 15 is 0 Å². The molecule has 3 aromatic rings. The zero-order valence-electron chi connectivity index (χ0n) is 12.2. The van der Waals surface area contributed by atoms with Crippen molar-refractivity contribution in [3.05, 3.63) is 102 Å². The predicted molar refractivity (Wildman–Crippen MR) is 102 cm³/mol. The Bertz CT molecular complexity index is 677. The van der Waals surface area contributed by atoms with Gasteiger partial charge in [0.15, 0.2) is 0 Å². The summed E-state index contributed by atoms with van der Waals surface area (Å²) in [7, 11) is 0. The minimum atomic E-state index is 0.847. The second-order valence-electron chi connectivity index (χ2n) is 4.79. The molecule has 0 aliphatic carbocycles. The molecule has 22 heavy (non-hydrogen) atoms. The van der Waals surface area contributed by atoms with Crippen LogP contribution in [0.5, 0.6) is 0 Å². The molecule has 0 nitrogen and oxygen atoms in total. The lowest BCUT2D eigenvalue weighted by Crippen LogP contribution is -2.01. The summed E-state index contributed by atoms with van der Waals surface area (Å²) in [6.07, 6.45) is 0.847. The van der Waals surface area contributed by atoms with Gasteiger partial charge in [0.2, 0.25) is 0 Å². The molecule has 0 aromatic heterocycles. The maximum atomic E-state index is 5.40. The zero-order valence-corrected chi connectivity index (χ0v) is 13.9. The summed E-state index contributed by atoms with van der Waals surface area (Å²) in [4.78, 5) is 2.02. The third kappa shape index (κ3) is 5.84. The van der Waals surface area contributed by atoms with Crippen LogP contribution in [0.2, 0.25) is 0 Å². The minimum absolute atomic E-state index is 0.847. The molecule has 0 unspecified atom stereocenters. The monoisotopic (exact) mass is 322 g/mol. The Labute approximate surface area is 143 Å². The number of thiol groups is 1. The first kappa shape index (κ1) is 16.5. The Kier molecular flexibility index (Phi) is 6.88. The Morgan fingerprint density at radius 1 is 0.682 bits per heavy atom. The minimum Gasteiger partial charge on any atom is -0.143 e. The Morgan fingerprint density at radius 2 is 1.14 bits per heavy atom. The van der Waals surface area contributed by atoms with E-state index in [0.717, 1.165) is 21.7 Å². The van der Waals surface area contributed by atoms with Gasteiger partial charge in [-0.3, -0.25) is 0 Å². The molecule has 0 atom stereocenters. The molecule has 0 N–H and O–H groups in total. The first-order valence-corrected chi connectivity index (χ1v) is 7.97. The van der Waals surface area contributed by atoms with Gasteiger partial charge >= 0.3 is 0 Å². The van der Waals surface area contributed by atoms with Gasteiger partial charge in [-0.2, -0.15) is 0 Å². The van der Waals surface area contributed by atoms with E-state index in [-0.39, 0.29) is 0 Å². The molecule has 0 saturated heterocycles. The molecule has 2 heteroatoms. The van der Waals surface area contributed by atoms with Crippen LogP contribution in [0.15, 0.2) is 95.9 Å². The van der Waals surface area contributed by atoms with E-state index in [4.69, 9.17) is 12.2 Å². The van der Waals surface area contributed by atoms with E-state index in [2.05, 4.69) is 36.9 Å². The fourth-order valence-corrected chi connectivity index (χ4v) is 2.41. The molecule has 0 fully saturated rings. The maximum absolute atomic E-state index is 5.40. The highest BCUT2D eigenvalue weighted by Gasteiger charge is 2.00. The van der Waals surface area contributed by atoms with Crippen LogP contribution in [0.1, 0.15) is 11.1 Å². The molecule has 0 aliphatic rings. The van der Waals surface area contributed by atoms with Crippen molar-refractivity contribution in [1.29, 1.82) is 0 Å². The highest BCUT2D eigenvalue weighted by atomic mass is 32.1. The van der Waals surface area contributed by atoms with Gasteiger partial charge in [0.05, 0.1) is 0 Å². The molecular weight excluding hydrogens is 304 g/mol. The first-order valence-electron chi connectivity index (χ1n) is 7.12. The summed E-state index contributed by atoms with van der Waals surface area (Å²) in [5.74, 6) is 0. The van der Waals surface area contributed by atoms with E-state index in [0.29, 0.717) is 0 Å². The molecule has 110 valence electrons. The highest BCUT2D eigenvalue weighted by Crippen LogP contribution is 2.08. The van der Waals surface area contributed by atoms with E-state index < -0.39 is 0 Å². The lowest BCUT2D eigenvalue weighted by molar-refractivity contribution is 1.35. The van der Waals surface area contributed by atoms with Gasteiger partial charge in [-0.05, 0) is 23.3 Å². The molecule has 0 spiro atoms. The van der Waals surface area contributed by atoms with Crippen molar-refractivity contribution in [2.45, 2.75) is 11.3 Å². The fourth-order valence-electron chi connectivity index (χ4n) is 1.94. The van der Waals surface area contributed by atoms with Crippen molar-refractivity contribution in [2.75, 3.05) is 0 Å². The van der Waals surface area contributed by atoms with E-state index in [1.54, 1.807) is 0 Å². The van der Waals surface area contributed by atoms with Gasteiger partial charge in [0, 0.05) is 16.2 Å². The summed E-state index contributed by atoms with van der Waals surface area (Å²) < 4.78 is 0. The van der Waals surface area contributed by atoms with Gasteiger partial charge in [-0.15, -0.1) is 12.6 Å². The van der Waals surface area contributed by atoms with E-state index in [1.165, 1.54) is 5.56 Å². The fraction of sp³-hybridized carbons (Fsp3) is 0.0500. The molecular formula is C20H18S2. The second kappa shape index (κ2) is 9.19. The van der Waals surface area contributed by atoms with Gasteiger partial charge in [0.1, 0.15) is 0 Å². The van der Waals surface area contributed by atoms with Crippen LogP contribution in [0, 0.1) is 0 Å². The first-order chi connectivity index (χ1) is 10.8. The molecule has 0 saturated carbocycles. The predicted octanol–water partition coefficient (Wildman–Crippen LogP) is 5.62. The Balaban J connectivity index is 0.000000211. The van der Waals surface area contributed by atoms with Crippen LogP contribution in [0.25, 0.3) is 0 Å². The third-order valence-corrected chi connectivity index (χ3v) is 3.74. The molecule has 0 bridgehead atoms. The number of benzene rings is 3. The molecule has 0 radical (unpaired) electrons.